The van der Waals surface area contributed by atoms with Crippen LogP contribution in [-0.4, -0.2) is 24.1 Å². The highest BCUT2D eigenvalue weighted by Gasteiger charge is 2.72. The number of hydrogen-bond acceptors (Lipinski definition) is 5. The van der Waals surface area contributed by atoms with E-state index in [2.05, 4.69) is 0 Å². The van der Waals surface area contributed by atoms with Gasteiger partial charge in [0.2, 0.25) is 11.8 Å². The lowest BCUT2D eigenvalue weighted by atomic mass is 9.42. The highest BCUT2D eigenvalue weighted by atomic mass is 16.5. The number of benzene rings is 3. The zero-order valence-corrected chi connectivity index (χ0v) is 18.6. The van der Waals surface area contributed by atoms with Crippen LogP contribution in [0.3, 0.4) is 0 Å². The first-order valence-corrected chi connectivity index (χ1v) is 11.2. The molecule has 0 saturated carbocycles. The van der Waals surface area contributed by atoms with Gasteiger partial charge in [-0.1, -0.05) is 61.5 Å². The maximum atomic E-state index is 14.0. The molecule has 1 saturated heterocycles. The summed E-state index contributed by atoms with van der Waals surface area (Å²) in [7, 11) is 0. The molecule has 0 unspecified atom stereocenters. The van der Waals surface area contributed by atoms with Gasteiger partial charge < -0.3 is 9.53 Å². The van der Waals surface area contributed by atoms with Crippen molar-refractivity contribution in [2.75, 3.05) is 4.90 Å². The second kappa shape index (κ2) is 6.73. The van der Waals surface area contributed by atoms with Gasteiger partial charge in [0.25, 0.3) is 0 Å². The summed E-state index contributed by atoms with van der Waals surface area (Å²) in [5, 5.41) is 0. The largest absolute Gasteiger partial charge is 0.427 e. The Balaban J connectivity index is 1.61. The molecule has 4 aliphatic rings. The number of esters is 1. The molecule has 3 aliphatic carbocycles. The number of carbonyl (C=O) groups excluding carboxylic acids is 4. The lowest BCUT2D eigenvalue weighted by Crippen LogP contribution is -2.61. The predicted octanol–water partition coefficient (Wildman–Crippen LogP) is 3.54. The SMILES string of the molecule is CC(=O)Oc1cccc(N2C(=O)[C@@H]3[C@H](C2=O)C2(C=O)c4ccccc4C3(C)c3ccccc32)c1. The van der Waals surface area contributed by atoms with Crippen molar-refractivity contribution in [1.29, 1.82) is 0 Å². The zero-order chi connectivity index (χ0) is 23.8. The number of nitrogens with zero attached hydrogens (tertiary/aromatic N) is 1. The molecule has 7 rings (SSSR count). The predicted molar refractivity (Wildman–Crippen MR) is 123 cm³/mol. The number of imide groups is 1. The molecule has 6 heteroatoms. The van der Waals surface area contributed by atoms with Crippen LogP contribution in [0.25, 0.3) is 0 Å². The Hall–Kier alpha value is -4.06. The van der Waals surface area contributed by atoms with Crippen LogP contribution in [0.4, 0.5) is 5.69 Å². The summed E-state index contributed by atoms with van der Waals surface area (Å²) in [6.07, 6.45) is 0.852. The third-order valence-corrected chi connectivity index (χ3v) is 7.81. The van der Waals surface area contributed by atoms with E-state index in [1.165, 1.54) is 13.0 Å². The molecule has 168 valence electrons. The van der Waals surface area contributed by atoms with Gasteiger partial charge in [0, 0.05) is 18.4 Å². The molecule has 2 bridgehead atoms. The van der Waals surface area contributed by atoms with E-state index in [1.807, 2.05) is 55.5 Å². The fraction of sp³-hybridized carbons (Fsp3) is 0.214. The van der Waals surface area contributed by atoms with Crippen LogP contribution >= 0.6 is 0 Å². The molecular formula is C28H21NO5. The normalized spacial score (nSPS) is 28.2. The van der Waals surface area contributed by atoms with Crippen LogP contribution in [0.5, 0.6) is 5.75 Å². The summed E-state index contributed by atoms with van der Waals surface area (Å²) in [5.74, 6) is -2.64. The number of amides is 2. The van der Waals surface area contributed by atoms with E-state index < -0.39 is 34.5 Å². The average Bonchev–Trinajstić information content (AvgIpc) is 3.11. The van der Waals surface area contributed by atoms with Gasteiger partial charge in [-0.15, -0.1) is 0 Å². The molecule has 0 aromatic heterocycles. The minimum atomic E-state index is -1.26. The smallest absolute Gasteiger partial charge is 0.308 e. The molecule has 1 aliphatic heterocycles. The minimum absolute atomic E-state index is 0.242. The van der Waals surface area contributed by atoms with Crippen LogP contribution in [0.15, 0.2) is 72.8 Å². The van der Waals surface area contributed by atoms with Gasteiger partial charge in [0.15, 0.2) is 0 Å². The quantitative estimate of drug-likeness (QED) is 0.263. The first-order chi connectivity index (χ1) is 16.4. The van der Waals surface area contributed by atoms with Crippen LogP contribution < -0.4 is 9.64 Å². The summed E-state index contributed by atoms with van der Waals surface area (Å²) in [4.78, 5) is 53.7. The number of ether oxygens (including phenoxy) is 1. The first kappa shape index (κ1) is 20.5. The molecule has 6 nitrogen and oxygen atoms in total. The number of carbonyl (C=O) groups is 4. The van der Waals surface area contributed by atoms with Crippen molar-refractivity contribution in [3.8, 4) is 5.75 Å². The van der Waals surface area contributed by atoms with Crippen molar-refractivity contribution < 1.29 is 23.9 Å². The van der Waals surface area contributed by atoms with Gasteiger partial charge >= 0.3 is 5.97 Å². The standard InChI is InChI=1S/C28H21NO5/c1-16(31)34-18-9-7-8-17(14-18)29-25(32)23-24(26(29)33)28(15-30)21-12-5-3-10-19(21)27(23,2)20-11-4-6-13-22(20)28/h3-15,23-24H,1-2H3/t23-,24+,27?,28?/m0/s1. The molecule has 0 spiro atoms. The van der Waals surface area contributed by atoms with Gasteiger partial charge in [0.1, 0.15) is 12.0 Å². The maximum absolute atomic E-state index is 14.0. The van der Waals surface area contributed by atoms with Gasteiger partial charge in [-0.2, -0.15) is 0 Å². The van der Waals surface area contributed by atoms with Crippen molar-refractivity contribution in [1.82, 2.24) is 0 Å². The highest BCUT2D eigenvalue weighted by Crippen LogP contribution is 2.66. The molecule has 3 aromatic carbocycles. The topological polar surface area (TPSA) is 80.8 Å². The Morgan fingerprint density at radius 1 is 0.853 bits per heavy atom. The second-order valence-electron chi connectivity index (χ2n) is 9.34. The van der Waals surface area contributed by atoms with E-state index in [-0.39, 0.29) is 11.7 Å². The van der Waals surface area contributed by atoms with Crippen molar-refractivity contribution >= 4 is 29.8 Å². The van der Waals surface area contributed by atoms with E-state index in [9.17, 15) is 19.2 Å². The van der Waals surface area contributed by atoms with Gasteiger partial charge in [0.05, 0.1) is 22.9 Å². The molecule has 2 amide bonds. The first-order valence-electron chi connectivity index (χ1n) is 11.2. The van der Waals surface area contributed by atoms with Crippen molar-refractivity contribution in [2.45, 2.75) is 24.7 Å². The minimum Gasteiger partial charge on any atom is -0.427 e. The van der Waals surface area contributed by atoms with E-state index in [0.717, 1.165) is 33.4 Å². The zero-order valence-electron chi connectivity index (χ0n) is 18.6. The maximum Gasteiger partial charge on any atom is 0.308 e. The van der Waals surface area contributed by atoms with Crippen molar-refractivity contribution in [3.05, 3.63) is 95.1 Å². The summed E-state index contributed by atoms with van der Waals surface area (Å²) in [6.45, 7) is 3.29. The number of anilines is 1. The fourth-order valence-corrected chi connectivity index (χ4v) is 6.57. The molecule has 1 fully saturated rings. The Bertz CT molecular complexity index is 1380. The average molecular weight is 451 g/mol. The Morgan fingerprint density at radius 2 is 1.41 bits per heavy atom. The fourth-order valence-electron chi connectivity index (χ4n) is 6.57. The third-order valence-electron chi connectivity index (χ3n) is 7.81. The summed E-state index contributed by atoms with van der Waals surface area (Å²) >= 11 is 0. The lowest BCUT2D eigenvalue weighted by molar-refractivity contribution is -0.132. The third kappa shape index (κ3) is 2.25. The van der Waals surface area contributed by atoms with Crippen LogP contribution in [0, 0.1) is 11.8 Å². The Kier molecular flexibility index (Phi) is 4.07. The van der Waals surface area contributed by atoms with E-state index in [4.69, 9.17) is 4.74 Å². The molecule has 0 radical (unpaired) electrons. The Morgan fingerprint density at radius 3 is 1.97 bits per heavy atom. The summed E-state index contributed by atoms with van der Waals surface area (Å²) in [6, 6.07) is 21.6. The van der Waals surface area contributed by atoms with Gasteiger partial charge in [-0.3, -0.25) is 14.4 Å². The molecular weight excluding hydrogens is 430 g/mol. The second-order valence-corrected chi connectivity index (χ2v) is 9.34. The molecule has 2 atom stereocenters. The summed E-state index contributed by atoms with van der Waals surface area (Å²) < 4.78 is 5.18. The van der Waals surface area contributed by atoms with E-state index in [0.29, 0.717) is 5.69 Å². The van der Waals surface area contributed by atoms with Gasteiger partial charge in [-0.25, -0.2) is 4.90 Å². The molecule has 1 heterocycles. The monoisotopic (exact) mass is 451 g/mol. The van der Waals surface area contributed by atoms with E-state index >= 15 is 0 Å². The number of aldehydes is 1. The van der Waals surface area contributed by atoms with Gasteiger partial charge in [-0.05, 0) is 34.4 Å². The summed E-state index contributed by atoms with van der Waals surface area (Å²) in [5.41, 5.74) is 1.65. The lowest BCUT2D eigenvalue weighted by Gasteiger charge is -2.56. The van der Waals surface area contributed by atoms with E-state index in [1.54, 1.807) is 18.2 Å². The molecule has 0 N–H and O–H groups in total. The number of rotatable bonds is 3. The molecule has 34 heavy (non-hydrogen) atoms. The number of hydrogen-bond donors (Lipinski definition) is 0. The Labute approximate surface area is 196 Å². The van der Waals surface area contributed by atoms with Crippen LogP contribution in [-0.2, 0) is 30.0 Å². The molecule has 3 aromatic rings. The van der Waals surface area contributed by atoms with Crippen LogP contribution in [0.2, 0.25) is 0 Å². The van der Waals surface area contributed by atoms with Crippen molar-refractivity contribution in [3.63, 3.8) is 0 Å². The highest BCUT2D eigenvalue weighted by molar-refractivity contribution is 6.25. The van der Waals surface area contributed by atoms with Crippen molar-refractivity contribution in [2.24, 2.45) is 11.8 Å². The van der Waals surface area contributed by atoms with Crippen LogP contribution in [0.1, 0.15) is 36.1 Å².